The fourth-order valence-corrected chi connectivity index (χ4v) is 2.37. The van der Waals surface area contributed by atoms with Gasteiger partial charge in [-0.1, -0.05) is 6.07 Å². The van der Waals surface area contributed by atoms with Gasteiger partial charge >= 0.3 is 0 Å². The first-order valence-corrected chi connectivity index (χ1v) is 5.89. The zero-order valence-corrected chi connectivity index (χ0v) is 10.3. The Labute approximate surface area is 109 Å². The Morgan fingerprint density at radius 1 is 1.47 bits per heavy atom. The van der Waals surface area contributed by atoms with E-state index in [-0.39, 0.29) is 17.6 Å². The number of aromatic amines is 1. The van der Waals surface area contributed by atoms with Crippen LogP contribution in [0.5, 0.6) is 11.5 Å². The maximum atomic E-state index is 11.7. The van der Waals surface area contributed by atoms with Crippen molar-refractivity contribution >= 4 is 11.7 Å². The number of fused-ring (bicyclic) bond motifs is 1. The molecule has 0 bridgehead atoms. The van der Waals surface area contributed by atoms with Gasteiger partial charge in [0.2, 0.25) is 5.91 Å². The predicted molar refractivity (Wildman–Crippen MR) is 68.3 cm³/mol. The van der Waals surface area contributed by atoms with Crippen LogP contribution < -0.4 is 10.1 Å². The van der Waals surface area contributed by atoms with Crippen molar-refractivity contribution < 1.29 is 14.6 Å². The summed E-state index contributed by atoms with van der Waals surface area (Å²) in [5.41, 5.74) is 1.78. The number of hydrogen-bond donors (Lipinski definition) is 3. The highest BCUT2D eigenvalue weighted by Gasteiger charge is 2.28. The minimum Gasteiger partial charge on any atom is -0.504 e. The number of ether oxygens (including phenoxy) is 1. The summed E-state index contributed by atoms with van der Waals surface area (Å²) in [6.07, 6.45) is 2.03. The Balaban J connectivity index is 2.03. The number of aromatic nitrogens is 2. The largest absolute Gasteiger partial charge is 0.504 e. The number of H-pyrrole nitrogens is 1. The highest BCUT2D eigenvalue weighted by atomic mass is 16.5. The quantitative estimate of drug-likeness (QED) is 0.764. The molecule has 3 rings (SSSR count). The molecule has 0 aliphatic carbocycles. The number of aromatic hydroxyl groups is 1. The average molecular weight is 259 g/mol. The third kappa shape index (κ3) is 1.91. The van der Waals surface area contributed by atoms with Crippen molar-refractivity contribution in [3.8, 4) is 11.5 Å². The normalized spacial score (nSPS) is 17.7. The monoisotopic (exact) mass is 259 g/mol. The van der Waals surface area contributed by atoms with Crippen LogP contribution in [0.3, 0.4) is 0 Å². The van der Waals surface area contributed by atoms with E-state index in [1.807, 2.05) is 6.07 Å². The van der Waals surface area contributed by atoms with Crippen LogP contribution in [0.1, 0.15) is 23.5 Å². The van der Waals surface area contributed by atoms with Gasteiger partial charge in [-0.05, 0) is 17.7 Å². The number of anilines is 1. The molecule has 1 aliphatic heterocycles. The van der Waals surface area contributed by atoms with Gasteiger partial charge in [0.15, 0.2) is 11.5 Å². The molecule has 0 saturated heterocycles. The molecule has 1 aromatic carbocycles. The lowest BCUT2D eigenvalue weighted by Crippen LogP contribution is -2.22. The van der Waals surface area contributed by atoms with Gasteiger partial charge in [0.1, 0.15) is 5.82 Å². The third-order valence-corrected chi connectivity index (χ3v) is 3.30. The molecule has 6 heteroatoms. The zero-order valence-electron chi connectivity index (χ0n) is 10.3. The number of nitrogens with one attached hydrogen (secondary N) is 2. The van der Waals surface area contributed by atoms with E-state index in [0.29, 0.717) is 18.0 Å². The van der Waals surface area contributed by atoms with Gasteiger partial charge in [0.05, 0.1) is 13.3 Å². The second-order valence-electron chi connectivity index (χ2n) is 4.44. The van der Waals surface area contributed by atoms with Crippen LogP contribution in [0.2, 0.25) is 0 Å². The van der Waals surface area contributed by atoms with Gasteiger partial charge < -0.3 is 15.2 Å². The van der Waals surface area contributed by atoms with E-state index < -0.39 is 0 Å². The van der Waals surface area contributed by atoms with E-state index in [1.54, 1.807) is 18.3 Å². The summed E-state index contributed by atoms with van der Waals surface area (Å²) in [5, 5.41) is 19.3. The summed E-state index contributed by atoms with van der Waals surface area (Å²) in [5.74, 6) is 0.917. The van der Waals surface area contributed by atoms with E-state index >= 15 is 0 Å². The Morgan fingerprint density at radius 2 is 2.32 bits per heavy atom. The summed E-state index contributed by atoms with van der Waals surface area (Å²) >= 11 is 0. The lowest BCUT2D eigenvalue weighted by Gasteiger charge is -2.22. The Morgan fingerprint density at radius 3 is 3.05 bits per heavy atom. The Kier molecular flexibility index (Phi) is 2.63. The topological polar surface area (TPSA) is 87.2 Å². The molecule has 3 N–H and O–H groups in total. The SMILES string of the molecule is COc1ccc([C@@H]2CC(=O)Nc3[nH]ncc32)cc1O. The lowest BCUT2D eigenvalue weighted by molar-refractivity contribution is -0.116. The number of phenolic OH excluding ortho intramolecular Hbond substituents is 1. The number of carbonyl (C=O) groups excluding carboxylic acids is 1. The first-order valence-electron chi connectivity index (χ1n) is 5.89. The third-order valence-electron chi connectivity index (χ3n) is 3.30. The molecule has 0 unspecified atom stereocenters. The number of phenols is 1. The molecule has 0 radical (unpaired) electrons. The standard InChI is InChI=1S/C13H13N3O3/c1-19-11-3-2-7(4-10(11)17)8-5-12(18)15-13-9(8)6-14-16-13/h2-4,6,8,17H,5H2,1H3,(H2,14,15,16,18)/t8-/m0/s1. The molecule has 1 aromatic heterocycles. The minimum atomic E-state index is -0.112. The van der Waals surface area contributed by atoms with Crippen LogP contribution in [0, 0.1) is 0 Å². The fraction of sp³-hybridized carbons (Fsp3) is 0.231. The molecule has 1 atom stereocenters. The number of amides is 1. The van der Waals surface area contributed by atoms with E-state index in [4.69, 9.17) is 4.74 Å². The number of rotatable bonds is 2. The summed E-state index contributed by atoms with van der Waals surface area (Å²) in [6, 6.07) is 5.16. The number of methoxy groups -OCH3 is 1. The molecule has 0 fully saturated rings. The summed E-state index contributed by atoms with van der Waals surface area (Å²) < 4.78 is 5.02. The van der Waals surface area contributed by atoms with Gasteiger partial charge in [-0.2, -0.15) is 5.10 Å². The number of benzene rings is 1. The van der Waals surface area contributed by atoms with Crippen LogP contribution in [-0.2, 0) is 4.79 Å². The zero-order chi connectivity index (χ0) is 13.4. The first-order chi connectivity index (χ1) is 9.19. The molecule has 98 valence electrons. The summed E-state index contributed by atoms with van der Waals surface area (Å²) in [7, 11) is 1.50. The van der Waals surface area contributed by atoms with Crippen molar-refractivity contribution in [1.29, 1.82) is 0 Å². The van der Waals surface area contributed by atoms with E-state index in [0.717, 1.165) is 11.1 Å². The molecular weight excluding hydrogens is 246 g/mol. The predicted octanol–water partition coefficient (Wildman–Crippen LogP) is 1.60. The van der Waals surface area contributed by atoms with Crippen LogP contribution >= 0.6 is 0 Å². The lowest BCUT2D eigenvalue weighted by atomic mass is 9.87. The fourth-order valence-electron chi connectivity index (χ4n) is 2.37. The van der Waals surface area contributed by atoms with Gasteiger partial charge in [-0.15, -0.1) is 0 Å². The molecular formula is C13H13N3O3. The number of carbonyl (C=O) groups is 1. The van der Waals surface area contributed by atoms with Gasteiger partial charge in [-0.25, -0.2) is 0 Å². The van der Waals surface area contributed by atoms with Crippen molar-refractivity contribution in [2.75, 3.05) is 12.4 Å². The van der Waals surface area contributed by atoms with Crippen molar-refractivity contribution in [3.63, 3.8) is 0 Å². The molecule has 0 spiro atoms. The maximum absolute atomic E-state index is 11.7. The molecule has 1 amide bonds. The highest BCUT2D eigenvalue weighted by molar-refractivity contribution is 5.94. The van der Waals surface area contributed by atoms with Crippen molar-refractivity contribution in [2.45, 2.75) is 12.3 Å². The van der Waals surface area contributed by atoms with Crippen molar-refractivity contribution in [3.05, 3.63) is 35.5 Å². The Hall–Kier alpha value is -2.50. The second kappa shape index (κ2) is 4.31. The second-order valence-corrected chi connectivity index (χ2v) is 4.44. The van der Waals surface area contributed by atoms with Crippen molar-refractivity contribution in [1.82, 2.24) is 10.2 Å². The minimum absolute atomic E-state index is 0.0658. The van der Waals surface area contributed by atoms with E-state index in [2.05, 4.69) is 15.5 Å². The first kappa shape index (κ1) is 11.6. The van der Waals surface area contributed by atoms with Crippen molar-refractivity contribution in [2.24, 2.45) is 0 Å². The van der Waals surface area contributed by atoms with Crippen LogP contribution in [0.25, 0.3) is 0 Å². The molecule has 2 heterocycles. The molecule has 6 nitrogen and oxygen atoms in total. The molecule has 19 heavy (non-hydrogen) atoms. The van der Waals surface area contributed by atoms with Crippen LogP contribution in [0.4, 0.5) is 5.82 Å². The van der Waals surface area contributed by atoms with E-state index in [1.165, 1.54) is 7.11 Å². The molecule has 1 aliphatic rings. The number of nitrogens with zero attached hydrogens (tertiary/aromatic N) is 1. The summed E-state index contributed by atoms with van der Waals surface area (Å²) in [4.78, 5) is 11.7. The molecule has 2 aromatic rings. The smallest absolute Gasteiger partial charge is 0.226 e. The maximum Gasteiger partial charge on any atom is 0.226 e. The van der Waals surface area contributed by atoms with Gasteiger partial charge in [-0.3, -0.25) is 9.89 Å². The van der Waals surface area contributed by atoms with Crippen LogP contribution in [0.15, 0.2) is 24.4 Å². The van der Waals surface area contributed by atoms with Gasteiger partial charge in [0, 0.05) is 17.9 Å². The van der Waals surface area contributed by atoms with Gasteiger partial charge in [0.25, 0.3) is 0 Å². The number of hydrogen-bond acceptors (Lipinski definition) is 4. The van der Waals surface area contributed by atoms with Crippen LogP contribution in [-0.4, -0.2) is 28.3 Å². The highest BCUT2D eigenvalue weighted by Crippen LogP contribution is 2.38. The summed E-state index contributed by atoms with van der Waals surface area (Å²) in [6.45, 7) is 0. The average Bonchev–Trinajstić information content (AvgIpc) is 2.85. The Bertz CT molecular complexity index is 636. The van der Waals surface area contributed by atoms with E-state index in [9.17, 15) is 9.90 Å². The molecule has 0 saturated carbocycles.